The van der Waals surface area contributed by atoms with E-state index in [2.05, 4.69) is 15.5 Å². The number of ether oxygens (including phenoxy) is 2. The van der Waals surface area contributed by atoms with E-state index in [4.69, 9.17) is 9.47 Å². The lowest BCUT2D eigenvalue weighted by atomic mass is 10.1. The first-order chi connectivity index (χ1) is 16.9. The molecule has 9 nitrogen and oxygen atoms in total. The van der Waals surface area contributed by atoms with Gasteiger partial charge >= 0.3 is 5.56 Å². The minimum atomic E-state index is -0.462. The van der Waals surface area contributed by atoms with Gasteiger partial charge in [-0.1, -0.05) is 24.8 Å². The highest BCUT2D eigenvalue weighted by Gasteiger charge is 2.23. The molecule has 0 saturated heterocycles. The van der Waals surface area contributed by atoms with E-state index in [1.165, 1.54) is 18.9 Å². The molecule has 0 fully saturated rings. The summed E-state index contributed by atoms with van der Waals surface area (Å²) in [5.74, 6) is 0.918. The number of fused-ring (bicyclic) bond motifs is 1. The van der Waals surface area contributed by atoms with E-state index in [0.717, 1.165) is 16.8 Å². The number of nitrogens with zero attached hydrogens (tertiary/aromatic N) is 4. The molecule has 0 aliphatic heterocycles. The predicted molar refractivity (Wildman–Crippen MR) is 136 cm³/mol. The maximum absolute atomic E-state index is 13.1. The fraction of sp³-hybridized carbons (Fsp3) is 0.280. The van der Waals surface area contributed by atoms with Crippen LogP contribution in [0.25, 0.3) is 11.3 Å². The predicted octanol–water partition coefficient (Wildman–Crippen LogP) is 4.02. The molecule has 0 saturated carbocycles. The molecule has 0 aliphatic carbocycles. The standard InChI is InChI=1S/C25H27N5O4S/c1-6-21(23(31)26-19-10-9-18(33-4)14-20(19)34-5)35-25-28-27-22-24(32)29(11-12-30(22)25)17-8-7-15(2)16(3)13-17/h7-14,21H,6H2,1-5H3,(H,26,31)/t21-/m1/s1. The highest BCUT2D eigenvalue weighted by molar-refractivity contribution is 8.00. The second-order valence-corrected chi connectivity index (χ2v) is 9.16. The Labute approximate surface area is 207 Å². The lowest BCUT2D eigenvalue weighted by Crippen LogP contribution is -2.25. The summed E-state index contributed by atoms with van der Waals surface area (Å²) in [4.78, 5) is 26.2. The summed E-state index contributed by atoms with van der Waals surface area (Å²) in [6.07, 6.45) is 3.98. The van der Waals surface area contributed by atoms with Crippen LogP contribution in [0.1, 0.15) is 24.5 Å². The summed E-state index contributed by atoms with van der Waals surface area (Å²) in [6.45, 7) is 5.95. The molecule has 2 aromatic heterocycles. The van der Waals surface area contributed by atoms with Crippen LogP contribution in [-0.4, -0.2) is 44.5 Å². The number of hydrogen-bond donors (Lipinski definition) is 1. The van der Waals surface area contributed by atoms with Crippen LogP contribution in [0.5, 0.6) is 11.5 Å². The van der Waals surface area contributed by atoms with E-state index >= 15 is 0 Å². The maximum Gasteiger partial charge on any atom is 0.300 e. The molecule has 1 N–H and O–H groups in total. The second kappa shape index (κ2) is 10.2. The topological polar surface area (TPSA) is 99.8 Å². The first-order valence-electron chi connectivity index (χ1n) is 11.1. The quantitative estimate of drug-likeness (QED) is 0.370. The van der Waals surface area contributed by atoms with Crippen LogP contribution in [0.3, 0.4) is 0 Å². The van der Waals surface area contributed by atoms with Gasteiger partial charge in [0.2, 0.25) is 11.6 Å². The SMILES string of the molecule is CC[C@@H](Sc1nnc2c(=O)n(-c3ccc(C)c(C)c3)ccn12)C(=O)Nc1ccc(OC)cc1OC. The van der Waals surface area contributed by atoms with Crippen molar-refractivity contribution in [3.8, 4) is 17.2 Å². The van der Waals surface area contributed by atoms with Gasteiger partial charge in [0.15, 0.2) is 5.16 Å². The zero-order valence-electron chi connectivity index (χ0n) is 20.2. The minimum absolute atomic E-state index is 0.195. The molecule has 1 atom stereocenters. The number of thioether (sulfide) groups is 1. The fourth-order valence-electron chi connectivity index (χ4n) is 3.59. The van der Waals surface area contributed by atoms with Gasteiger partial charge in [-0.25, -0.2) is 0 Å². The number of nitrogens with one attached hydrogen (secondary N) is 1. The van der Waals surface area contributed by atoms with Gasteiger partial charge in [0.1, 0.15) is 11.5 Å². The van der Waals surface area contributed by atoms with Crippen molar-refractivity contribution in [2.75, 3.05) is 19.5 Å². The monoisotopic (exact) mass is 493 g/mol. The number of carbonyl (C=O) groups excluding carboxylic acids is 1. The molecule has 0 bridgehead atoms. The number of amides is 1. The molecule has 182 valence electrons. The van der Waals surface area contributed by atoms with Crippen molar-refractivity contribution in [1.82, 2.24) is 19.2 Å². The number of hydrogen-bond acceptors (Lipinski definition) is 7. The highest BCUT2D eigenvalue weighted by Crippen LogP contribution is 2.31. The molecule has 4 rings (SSSR count). The Kier molecular flexibility index (Phi) is 7.11. The first kappa shape index (κ1) is 24.3. The van der Waals surface area contributed by atoms with Crippen molar-refractivity contribution in [3.05, 3.63) is 70.3 Å². The van der Waals surface area contributed by atoms with Crippen LogP contribution >= 0.6 is 11.8 Å². The molecule has 35 heavy (non-hydrogen) atoms. The molecule has 2 heterocycles. The number of anilines is 1. The van der Waals surface area contributed by atoms with Crippen molar-refractivity contribution >= 4 is 29.0 Å². The third-order valence-electron chi connectivity index (χ3n) is 5.79. The Morgan fingerprint density at radius 2 is 1.86 bits per heavy atom. The molecule has 4 aromatic rings. The van der Waals surface area contributed by atoms with Crippen molar-refractivity contribution in [3.63, 3.8) is 0 Å². The molecule has 10 heteroatoms. The average Bonchev–Trinajstić information content (AvgIpc) is 3.28. The van der Waals surface area contributed by atoms with Gasteiger partial charge in [0.25, 0.3) is 0 Å². The smallest absolute Gasteiger partial charge is 0.300 e. The van der Waals surface area contributed by atoms with Crippen molar-refractivity contribution in [2.45, 2.75) is 37.6 Å². The Bertz CT molecular complexity index is 1450. The van der Waals surface area contributed by atoms with E-state index in [0.29, 0.717) is 28.8 Å². The molecular formula is C25H27N5O4S. The number of aromatic nitrogens is 4. The van der Waals surface area contributed by atoms with Gasteiger partial charge < -0.3 is 14.8 Å². The minimum Gasteiger partial charge on any atom is -0.497 e. The van der Waals surface area contributed by atoms with Crippen molar-refractivity contribution in [2.24, 2.45) is 0 Å². The lowest BCUT2D eigenvalue weighted by molar-refractivity contribution is -0.115. The van der Waals surface area contributed by atoms with Crippen LogP contribution in [0.2, 0.25) is 0 Å². The summed E-state index contributed by atoms with van der Waals surface area (Å²) in [5.41, 5.74) is 3.46. The fourth-order valence-corrected chi connectivity index (χ4v) is 4.53. The first-order valence-corrected chi connectivity index (χ1v) is 12.0. The average molecular weight is 494 g/mol. The Morgan fingerprint density at radius 3 is 2.54 bits per heavy atom. The number of benzene rings is 2. The number of methoxy groups -OCH3 is 2. The van der Waals surface area contributed by atoms with Crippen LogP contribution in [0, 0.1) is 13.8 Å². The number of aryl methyl sites for hydroxylation is 2. The summed E-state index contributed by atoms with van der Waals surface area (Å²) < 4.78 is 13.8. The zero-order chi connectivity index (χ0) is 25.1. The zero-order valence-corrected chi connectivity index (χ0v) is 21.0. The third-order valence-corrected chi connectivity index (χ3v) is 7.11. The third kappa shape index (κ3) is 4.88. The van der Waals surface area contributed by atoms with Crippen molar-refractivity contribution < 1.29 is 14.3 Å². The molecule has 0 spiro atoms. The van der Waals surface area contributed by atoms with Gasteiger partial charge in [-0.05, 0) is 55.7 Å². The molecule has 2 aromatic carbocycles. The van der Waals surface area contributed by atoms with E-state index in [1.807, 2.05) is 39.0 Å². The molecule has 0 radical (unpaired) electrons. The van der Waals surface area contributed by atoms with Gasteiger partial charge in [-0.2, -0.15) is 0 Å². The van der Waals surface area contributed by atoms with Gasteiger partial charge in [-0.3, -0.25) is 18.6 Å². The van der Waals surface area contributed by atoms with Gasteiger partial charge in [-0.15, -0.1) is 10.2 Å². The Morgan fingerprint density at radius 1 is 1.06 bits per heavy atom. The normalized spacial score (nSPS) is 11.9. The summed E-state index contributed by atoms with van der Waals surface area (Å²) >= 11 is 1.25. The number of rotatable bonds is 8. The Balaban J connectivity index is 1.58. The van der Waals surface area contributed by atoms with Gasteiger partial charge in [0, 0.05) is 24.1 Å². The highest BCUT2D eigenvalue weighted by atomic mass is 32.2. The van der Waals surface area contributed by atoms with E-state index in [9.17, 15) is 9.59 Å². The van der Waals surface area contributed by atoms with Crippen LogP contribution in [0.15, 0.2) is 58.7 Å². The largest absolute Gasteiger partial charge is 0.497 e. The van der Waals surface area contributed by atoms with Crippen molar-refractivity contribution in [1.29, 1.82) is 0 Å². The summed E-state index contributed by atoms with van der Waals surface area (Å²) in [7, 11) is 3.10. The van der Waals surface area contributed by atoms with Gasteiger partial charge in [0.05, 0.1) is 25.2 Å². The number of carbonyl (C=O) groups is 1. The van der Waals surface area contributed by atoms with Crippen LogP contribution in [0.4, 0.5) is 5.69 Å². The molecular weight excluding hydrogens is 466 g/mol. The maximum atomic E-state index is 13.1. The molecule has 1 amide bonds. The Hall–Kier alpha value is -3.79. The second-order valence-electron chi connectivity index (χ2n) is 7.99. The molecule has 0 aliphatic rings. The van der Waals surface area contributed by atoms with Crippen LogP contribution in [-0.2, 0) is 4.79 Å². The summed E-state index contributed by atoms with van der Waals surface area (Å²) in [5, 5.41) is 11.2. The van der Waals surface area contributed by atoms with E-state index in [1.54, 1.807) is 46.7 Å². The van der Waals surface area contributed by atoms with Crippen LogP contribution < -0.4 is 20.3 Å². The van der Waals surface area contributed by atoms with E-state index in [-0.39, 0.29) is 17.1 Å². The molecule has 0 unspecified atom stereocenters. The lowest BCUT2D eigenvalue weighted by Gasteiger charge is -2.16. The summed E-state index contributed by atoms with van der Waals surface area (Å²) in [6, 6.07) is 11.0. The van der Waals surface area contributed by atoms with E-state index < -0.39 is 5.25 Å².